The van der Waals surface area contributed by atoms with Crippen molar-refractivity contribution in [3.8, 4) is 0 Å². The maximum Gasteiger partial charge on any atom is 0.156 e. The van der Waals surface area contributed by atoms with E-state index in [4.69, 9.17) is 17.3 Å². The Labute approximate surface area is 74.0 Å². The molecular weight excluding hydrogens is 176 g/mol. The molecule has 12 heavy (non-hydrogen) atoms. The van der Waals surface area contributed by atoms with Gasteiger partial charge in [0.25, 0.3) is 0 Å². The second-order valence-electron chi connectivity index (χ2n) is 2.51. The third kappa shape index (κ3) is 0.921. The van der Waals surface area contributed by atoms with E-state index in [0.29, 0.717) is 11.0 Å². The highest BCUT2D eigenvalue weighted by Gasteiger charge is 2.05. The normalized spacial score (nSPS) is 10.8. The van der Waals surface area contributed by atoms with E-state index in [9.17, 15) is 0 Å². The number of fused-ring (bicyclic) bond motifs is 1. The zero-order chi connectivity index (χ0) is 8.72. The first-order valence-corrected chi connectivity index (χ1v) is 3.83. The van der Waals surface area contributed by atoms with Gasteiger partial charge < -0.3 is 5.73 Å². The van der Waals surface area contributed by atoms with Crippen LogP contribution in [-0.2, 0) is 0 Å². The number of hydrogen-bond acceptors (Lipinski definition) is 3. The molecule has 0 saturated carbocycles. The number of halogens is 1. The second-order valence-corrected chi connectivity index (χ2v) is 2.90. The predicted octanol–water partition coefficient (Wildman–Crippen LogP) is 1.27. The van der Waals surface area contributed by atoms with Gasteiger partial charge in [0.05, 0.1) is 5.69 Å². The molecule has 5 heteroatoms. The van der Waals surface area contributed by atoms with Gasteiger partial charge in [-0.15, -0.1) is 0 Å². The summed E-state index contributed by atoms with van der Waals surface area (Å²) in [5.74, 6) is 0.535. The van der Waals surface area contributed by atoms with Crippen molar-refractivity contribution in [1.29, 1.82) is 0 Å². The van der Waals surface area contributed by atoms with E-state index in [1.165, 1.54) is 4.52 Å². The predicted molar refractivity (Wildman–Crippen MR) is 47.1 cm³/mol. The van der Waals surface area contributed by atoms with E-state index in [1.54, 1.807) is 12.1 Å². The van der Waals surface area contributed by atoms with Gasteiger partial charge in [0.15, 0.2) is 5.65 Å². The summed E-state index contributed by atoms with van der Waals surface area (Å²) in [6, 6.07) is 3.46. The van der Waals surface area contributed by atoms with Crippen molar-refractivity contribution in [3.05, 3.63) is 23.0 Å². The van der Waals surface area contributed by atoms with Crippen LogP contribution in [0.3, 0.4) is 0 Å². The minimum atomic E-state index is 0.409. The van der Waals surface area contributed by atoms with Crippen molar-refractivity contribution < 1.29 is 0 Å². The number of hydrogen-bond donors (Lipinski definition) is 1. The molecule has 2 aromatic rings. The average molecular weight is 183 g/mol. The molecule has 2 N–H and O–H groups in total. The van der Waals surface area contributed by atoms with Gasteiger partial charge in [-0.3, -0.25) is 0 Å². The molecule has 4 nitrogen and oxygen atoms in total. The third-order valence-corrected chi connectivity index (χ3v) is 1.87. The zero-order valence-corrected chi connectivity index (χ0v) is 7.21. The van der Waals surface area contributed by atoms with Gasteiger partial charge in [-0.1, -0.05) is 11.6 Å². The van der Waals surface area contributed by atoms with E-state index in [1.807, 2.05) is 6.92 Å². The Bertz CT molecular complexity index is 434. The average Bonchev–Trinajstić information content (AvgIpc) is 2.31. The molecule has 2 rings (SSSR count). The van der Waals surface area contributed by atoms with Gasteiger partial charge >= 0.3 is 0 Å². The summed E-state index contributed by atoms with van der Waals surface area (Å²) in [6.07, 6.45) is 0. The molecule has 0 unspecified atom stereocenters. The molecule has 0 aliphatic carbocycles. The summed E-state index contributed by atoms with van der Waals surface area (Å²) in [6.45, 7) is 1.83. The van der Waals surface area contributed by atoms with Gasteiger partial charge in [-0.25, -0.2) is 4.98 Å². The summed E-state index contributed by atoms with van der Waals surface area (Å²) in [7, 11) is 0. The van der Waals surface area contributed by atoms with Crippen molar-refractivity contribution in [2.75, 3.05) is 5.73 Å². The maximum atomic E-state index is 5.69. The molecule has 62 valence electrons. The lowest BCUT2D eigenvalue weighted by Gasteiger charge is -1.94. The van der Waals surface area contributed by atoms with Crippen LogP contribution in [0.5, 0.6) is 0 Å². The van der Waals surface area contributed by atoms with Crippen molar-refractivity contribution in [2.24, 2.45) is 0 Å². The fourth-order valence-electron chi connectivity index (χ4n) is 1.04. The number of rotatable bonds is 0. The lowest BCUT2D eigenvalue weighted by atomic mass is 10.5. The molecule has 0 radical (unpaired) electrons. The Morgan fingerprint density at radius 2 is 2.25 bits per heavy atom. The monoisotopic (exact) mass is 182 g/mol. The van der Waals surface area contributed by atoms with Crippen LogP contribution < -0.4 is 5.73 Å². The molecule has 0 atom stereocenters. The minimum Gasteiger partial charge on any atom is -0.382 e. The zero-order valence-electron chi connectivity index (χ0n) is 6.45. The van der Waals surface area contributed by atoms with Crippen LogP contribution in [0.25, 0.3) is 5.65 Å². The van der Waals surface area contributed by atoms with Crippen LogP contribution in [0.4, 0.5) is 5.82 Å². The Balaban J connectivity index is 2.88. The van der Waals surface area contributed by atoms with E-state index < -0.39 is 0 Å². The largest absolute Gasteiger partial charge is 0.382 e. The minimum absolute atomic E-state index is 0.409. The summed E-state index contributed by atoms with van der Waals surface area (Å²) < 4.78 is 1.53. The molecule has 0 spiro atoms. The SMILES string of the molecule is Cc1nc2ccc(Cl)nn2c1N. The number of nitrogen functional groups attached to an aromatic ring is 1. The van der Waals surface area contributed by atoms with Crippen molar-refractivity contribution in [3.63, 3.8) is 0 Å². The standard InChI is InChI=1S/C7H7ClN4/c1-4-7(9)12-6(10-4)3-2-5(8)11-12/h2-3H,9H2,1H3. The molecule has 0 saturated heterocycles. The Morgan fingerprint density at radius 1 is 1.50 bits per heavy atom. The molecule has 0 aliphatic heterocycles. The van der Waals surface area contributed by atoms with Gasteiger partial charge in [0.1, 0.15) is 11.0 Å². The summed E-state index contributed by atoms with van der Waals surface area (Å²) >= 11 is 5.68. The highest BCUT2D eigenvalue weighted by molar-refractivity contribution is 6.29. The van der Waals surface area contributed by atoms with Gasteiger partial charge in [0, 0.05) is 0 Å². The molecular formula is C7H7ClN4. The van der Waals surface area contributed by atoms with E-state index in [-0.39, 0.29) is 0 Å². The van der Waals surface area contributed by atoms with Crippen molar-refractivity contribution in [1.82, 2.24) is 14.6 Å². The Kier molecular flexibility index (Phi) is 1.44. The molecule has 0 bridgehead atoms. The molecule has 2 aromatic heterocycles. The first-order valence-electron chi connectivity index (χ1n) is 3.46. The molecule has 0 aromatic carbocycles. The first-order chi connectivity index (χ1) is 5.68. The van der Waals surface area contributed by atoms with Crippen LogP contribution in [0, 0.1) is 6.92 Å². The summed E-state index contributed by atoms with van der Waals surface area (Å²) in [4.78, 5) is 4.17. The van der Waals surface area contributed by atoms with Gasteiger partial charge in [0.2, 0.25) is 0 Å². The number of aryl methyl sites for hydroxylation is 1. The van der Waals surface area contributed by atoms with E-state index in [0.717, 1.165) is 11.3 Å². The van der Waals surface area contributed by atoms with Gasteiger partial charge in [-0.2, -0.15) is 9.61 Å². The highest BCUT2D eigenvalue weighted by atomic mass is 35.5. The number of imidazole rings is 1. The van der Waals surface area contributed by atoms with Crippen LogP contribution in [0.2, 0.25) is 5.15 Å². The Hall–Kier alpha value is -1.29. The fraction of sp³-hybridized carbons (Fsp3) is 0.143. The molecule has 0 fully saturated rings. The van der Waals surface area contributed by atoms with Crippen molar-refractivity contribution >= 4 is 23.1 Å². The van der Waals surface area contributed by atoms with Crippen LogP contribution >= 0.6 is 11.6 Å². The molecule has 0 aliphatic rings. The van der Waals surface area contributed by atoms with Crippen LogP contribution in [0.15, 0.2) is 12.1 Å². The number of aromatic nitrogens is 3. The maximum absolute atomic E-state index is 5.69. The fourth-order valence-corrected chi connectivity index (χ4v) is 1.18. The van der Waals surface area contributed by atoms with Crippen LogP contribution in [0.1, 0.15) is 5.69 Å². The molecule has 2 heterocycles. The topological polar surface area (TPSA) is 56.2 Å². The lowest BCUT2D eigenvalue weighted by molar-refractivity contribution is 0.945. The van der Waals surface area contributed by atoms with E-state index >= 15 is 0 Å². The summed E-state index contributed by atoms with van der Waals surface area (Å²) in [5.41, 5.74) is 7.17. The van der Waals surface area contributed by atoms with Crippen molar-refractivity contribution in [2.45, 2.75) is 6.92 Å². The smallest absolute Gasteiger partial charge is 0.156 e. The number of anilines is 1. The third-order valence-electron chi connectivity index (χ3n) is 1.66. The second kappa shape index (κ2) is 2.35. The number of nitrogens with two attached hydrogens (primary N) is 1. The lowest BCUT2D eigenvalue weighted by Crippen LogP contribution is -1.97. The quantitative estimate of drug-likeness (QED) is 0.668. The summed E-state index contributed by atoms with van der Waals surface area (Å²) in [5, 5.41) is 4.40. The number of nitrogens with zero attached hydrogens (tertiary/aromatic N) is 3. The molecule has 0 amide bonds. The van der Waals surface area contributed by atoms with Gasteiger partial charge in [-0.05, 0) is 19.1 Å². The van der Waals surface area contributed by atoms with E-state index in [2.05, 4.69) is 10.1 Å². The highest BCUT2D eigenvalue weighted by Crippen LogP contribution is 2.13. The first kappa shape index (κ1) is 7.36. The Morgan fingerprint density at radius 3 is 3.00 bits per heavy atom. The van der Waals surface area contributed by atoms with Crippen LogP contribution in [-0.4, -0.2) is 14.6 Å².